The fourth-order valence-corrected chi connectivity index (χ4v) is 3.32. The largest absolute Gasteiger partial charge is 0.423 e. The first-order valence-corrected chi connectivity index (χ1v) is 9.22. The van der Waals surface area contributed by atoms with E-state index in [1.807, 2.05) is 42.5 Å². The summed E-state index contributed by atoms with van der Waals surface area (Å²) >= 11 is 0. The second-order valence-electron chi connectivity index (χ2n) is 6.67. The lowest BCUT2D eigenvalue weighted by Crippen LogP contribution is -2.30. The monoisotopic (exact) mass is 349 g/mol. The van der Waals surface area contributed by atoms with E-state index in [4.69, 9.17) is 4.74 Å². The average molecular weight is 349 g/mol. The molecule has 134 valence electrons. The standard InChI is InChI=1S/C20H23N5O/c1-3-7-17(8-4-1)21-15-16-11-13-19(14-12-16)26-20-22-23-24-25(20)18-9-5-2-6-10-18/h2,5-6,9-14,17,21H,1,3-4,7-8,15H2. The zero-order valence-corrected chi connectivity index (χ0v) is 14.7. The van der Waals surface area contributed by atoms with Crippen molar-refractivity contribution >= 4 is 0 Å². The number of aromatic nitrogens is 4. The summed E-state index contributed by atoms with van der Waals surface area (Å²) in [5, 5.41) is 15.4. The molecule has 1 fully saturated rings. The third-order valence-corrected chi connectivity index (χ3v) is 4.77. The number of ether oxygens (including phenoxy) is 1. The highest BCUT2D eigenvalue weighted by Gasteiger charge is 2.13. The van der Waals surface area contributed by atoms with Crippen LogP contribution in [0.15, 0.2) is 54.6 Å². The van der Waals surface area contributed by atoms with Crippen LogP contribution in [0, 0.1) is 0 Å². The minimum absolute atomic E-state index is 0.351. The van der Waals surface area contributed by atoms with Gasteiger partial charge in [-0.05, 0) is 53.1 Å². The number of nitrogens with zero attached hydrogens (tertiary/aromatic N) is 4. The highest BCUT2D eigenvalue weighted by Crippen LogP contribution is 2.22. The van der Waals surface area contributed by atoms with Gasteiger partial charge in [-0.3, -0.25) is 0 Å². The molecule has 26 heavy (non-hydrogen) atoms. The van der Waals surface area contributed by atoms with Crippen LogP contribution in [-0.2, 0) is 6.54 Å². The second kappa shape index (κ2) is 8.10. The molecule has 1 N–H and O–H groups in total. The van der Waals surface area contributed by atoms with Crippen LogP contribution in [-0.4, -0.2) is 26.2 Å². The van der Waals surface area contributed by atoms with Crippen molar-refractivity contribution in [2.45, 2.75) is 44.7 Å². The van der Waals surface area contributed by atoms with Gasteiger partial charge in [-0.2, -0.15) is 4.68 Å². The minimum Gasteiger partial charge on any atom is -0.423 e. The molecule has 1 saturated carbocycles. The lowest BCUT2D eigenvalue weighted by Gasteiger charge is -2.22. The van der Waals surface area contributed by atoms with Crippen LogP contribution in [0.4, 0.5) is 0 Å². The molecule has 2 aromatic carbocycles. The molecular formula is C20H23N5O. The highest BCUT2D eigenvalue weighted by atomic mass is 16.5. The van der Waals surface area contributed by atoms with Gasteiger partial charge in [0.15, 0.2) is 0 Å². The molecule has 0 radical (unpaired) electrons. The van der Waals surface area contributed by atoms with Crippen molar-refractivity contribution in [2.24, 2.45) is 0 Å². The maximum Gasteiger partial charge on any atom is 0.345 e. The van der Waals surface area contributed by atoms with Crippen LogP contribution in [0.3, 0.4) is 0 Å². The number of benzene rings is 2. The van der Waals surface area contributed by atoms with Crippen LogP contribution in [0.1, 0.15) is 37.7 Å². The molecule has 0 saturated heterocycles. The van der Waals surface area contributed by atoms with Gasteiger partial charge >= 0.3 is 6.01 Å². The van der Waals surface area contributed by atoms with E-state index in [1.54, 1.807) is 4.68 Å². The molecular weight excluding hydrogens is 326 g/mol. The van der Waals surface area contributed by atoms with E-state index in [2.05, 4.69) is 33.0 Å². The molecule has 6 nitrogen and oxygen atoms in total. The molecule has 4 rings (SSSR count). The van der Waals surface area contributed by atoms with Crippen molar-refractivity contribution in [1.29, 1.82) is 0 Å². The third kappa shape index (κ3) is 4.08. The van der Waals surface area contributed by atoms with Gasteiger partial charge in [-0.25, -0.2) is 0 Å². The van der Waals surface area contributed by atoms with Crippen LogP contribution in [0.25, 0.3) is 5.69 Å². The molecule has 1 aliphatic carbocycles. The van der Waals surface area contributed by atoms with Crippen molar-refractivity contribution in [1.82, 2.24) is 25.5 Å². The Morgan fingerprint density at radius 3 is 2.50 bits per heavy atom. The van der Waals surface area contributed by atoms with Crippen molar-refractivity contribution in [3.05, 3.63) is 60.2 Å². The van der Waals surface area contributed by atoms with E-state index < -0.39 is 0 Å². The van der Waals surface area contributed by atoms with Crippen LogP contribution < -0.4 is 10.1 Å². The molecule has 1 aliphatic rings. The van der Waals surface area contributed by atoms with Crippen molar-refractivity contribution < 1.29 is 4.74 Å². The summed E-state index contributed by atoms with van der Waals surface area (Å²) < 4.78 is 7.44. The molecule has 0 atom stereocenters. The number of rotatable bonds is 6. The number of para-hydroxylation sites is 1. The van der Waals surface area contributed by atoms with E-state index in [-0.39, 0.29) is 0 Å². The lowest BCUT2D eigenvalue weighted by atomic mass is 9.95. The van der Waals surface area contributed by atoms with Gasteiger partial charge in [0, 0.05) is 12.6 Å². The topological polar surface area (TPSA) is 64.9 Å². The number of nitrogens with one attached hydrogen (secondary N) is 1. The summed E-state index contributed by atoms with van der Waals surface area (Å²) in [6.07, 6.45) is 6.67. The van der Waals surface area contributed by atoms with E-state index in [0.29, 0.717) is 12.1 Å². The van der Waals surface area contributed by atoms with Crippen LogP contribution in [0.2, 0.25) is 0 Å². The first-order valence-electron chi connectivity index (χ1n) is 9.22. The minimum atomic E-state index is 0.351. The quantitative estimate of drug-likeness (QED) is 0.732. The summed E-state index contributed by atoms with van der Waals surface area (Å²) in [6, 6.07) is 18.8. The van der Waals surface area contributed by atoms with Crippen molar-refractivity contribution in [3.63, 3.8) is 0 Å². The molecule has 1 heterocycles. The Balaban J connectivity index is 1.38. The Hall–Kier alpha value is -2.73. The molecule has 0 aliphatic heterocycles. The Labute approximate surface area is 153 Å². The maximum absolute atomic E-state index is 5.86. The van der Waals surface area contributed by atoms with E-state index >= 15 is 0 Å². The predicted octanol–water partition coefficient (Wildman–Crippen LogP) is 3.88. The molecule has 3 aromatic rings. The molecule has 0 bridgehead atoms. The SMILES string of the molecule is c1ccc(-n2nnnc2Oc2ccc(CNC3CCCCC3)cc2)cc1. The first kappa shape index (κ1) is 16.7. The fourth-order valence-electron chi connectivity index (χ4n) is 3.32. The predicted molar refractivity (Wildman–Crippen MR) is 99.4 cm³/mol. The number of tetrazole rings is 1. The molecule has 0 unspecified atom stereocenters. The Morgan fingerprint density at radius 1 is 0.962 bits per heavy atom. The number of hydrogen-bond donors (Lipinski definition) is 1. The molecule has 0 spiro atoms. The molecule has 6 heteroatoms. The van der Waals surface area contributed by atoms with Gasteiger partial charge in [0.1, 0.15) is 5.75 Å². The van der Waals surface area contributed by atoms with Crippen LogP contribution in [0.5, 0.6) is 11.8 Å². The zero-order valence-electron chi connectivity index (χ0n) is 14.7. The van der Waals surface area contributed by atoms with E-state index in [1.165, 1.54) is 37.7 Å². The van der Waals surface area contributed by atoms with Gasteiger partial charge in [0.05, 0.1) is 5.69 Å². The first-order chi connectivity index (χ1) is 12.9. The summed E-state index contributed by atoms with van der Waals surface area (Å²) in [7, 11) is 0. The van der Waals surface area contributed by atoms with E-state index in [9.17, 15) is 0 Å². The fraction of sp³-hybridized carbons (Fsp3) is 0.350. The summed E-state index contributed by atoms with van der Waals surface area (Å²) in [5.74, 6) is 0.721. The Kier molecular flexibility index (Phi) is 5.21. The van der Waals surface area contributed by atoms with Crippen molar-refractivity contribution in [3.8, 4) is 17.4 Å². The Bertz CT molecular complexity index is 810. The lowest BCUT2D eigenvalue weighted by molar-refractivity contribution is 0.372. The maximum atomic E-state index is 5.86. The zero-order chi connectivity index (χ0) is 17.6. The smallest absolute Gasteiger partial charge is 0.345 e. The van der Waals surface area contributed by atoms with Crippen molar-refractivity contribution in [2.75, 3.05) is 0 Å². The Morgan fingerprint density at radius 2 is 1.73 bits per heavy atom. The summed E-state index contributed by atoms with van der Waals surface area (Å²) in [5.41, 5.74) is 2.12. The summed E-state index contributed by atoms with van der Waals surface area (Å²) in [4.78, 5) is 0. The number of hydrogen-bond acceptors (Lipinski definition) is 5. The normalized spacial score (nSPS) is 15.1. The third-order valence-electron chi connectivity index (χ3n) is 4.77. The van der Waals surface area contributed by atoms with Gasteiger partial charge in [0.25, 0.3) is 0 Å². The highest BCUT2D eigenvalue weighted by molar-refractivity contribution is 5.34. The van der Waals surface area contributed by atoms with E-state index in [0.717, 1.165) is 18.0 Å². The average Bonchev–Trinajstić information content (AvgIpc) is 3.17. The van der Waals surface area contributed by atoms with Gasteiger partial charge < -0.3 is 10.1 Å². The van der Waals surface area contributed by atoms with Gasteiger partial charge in [-0.1, -0.05) is 54.7 Å². The van der Waals surface area contributed by atoms with Gasteiger partial charge in [0.2, 0.25) is 0 Å². The molecule has 0 amide bonds. The molecule has 1 aromatic heterocycles. The second-order valence-corrected chi connectivity index (χ2v) is 6.67. The summed E-state index contributed by atoms with van der Waals surface area (Å²) in [6.45, 7) is 0.896. The van der Waals surface area contributed by atoms with Gasteiger partial charge in [-0.15, -0.1) is 0 Å². The van der Waals surface area contributed by atoms with Crippen LogP contribution >= 0.6 is 0 Å².